The van der Waals surface area contributed by atoms with Crippen LogP contribution in [0.4, 0.5) is 0 Å². The number of nitrogens with zero attached hydrogens (tertiary/aromatic N) is 1. The van der Waals surface area contributed by atoms with Gasteiger partial charge < -0.3 is 9.73 Å². The van der Waals surface area contributed by atoms with Gasteiger partial charge in [-0.05, 0) is 44.2 Å². The molecule has 1 saturated carbocycles. The van der Waals surface area contributed by atoms with Crippen LogP contribution in [-0.4, -0.2) is 41.4 Å². The smallest absolute Gasteiger partial charge is 0.234 e. The third-order valence-corrected chi connectivity index (χ3v) is 5.05. The maximum Gasteiger partial charge on any atom is 0.234 e. The predicted molar refractivity (Wildman–Crippen MR) is 82.7 cm³/mol. The Labute approximate surface area is 125 Å². The summed E-state index contributed by atoms with van der Waals surface area (Å²) < 4.78 is 5.20. The van der Waals surface area contributed by atoms with Crippen molar-refractivity contribution < 1.29 is 9.21 Å². The molecule has 1 fully saturated rings. The van der Waals surface area contributed by atoms with E-state index in [0.717, 1.165) is 11.0 Å². The summed E-state index contributed by atoms with van der Waals surface area (Å²) in [4.78, 5) is 14.1. The maximum absolute atomic E-state index is 11.9. The van der Waals surface area contributed by atoms with Crippen molar-refractivity contribution in [1.29, 1.82) is 0 Å². The molecule has 20 heavy (non-hydrogen) atoms. The second-order valence-corrected chi connectivity index (χ2v) is 6.89. The van der Waals surface area contributed by atoms with E-state index < -0.39 is 0 Å². The maximum atomic E-state index is 11.9. The first kappa shape index (κ1) is 15.4. The molecule has 0 saturated heterocycles. The first-order chi connectivity index (χ1) is 9.69. The second kappa shape index (κ2) is 7.74. The summed E-state index contributed by atoms with van der Waals surface area (Å²) in [6.45, 7) is 3.15. The van der Waals surface area contributed by atoms with E-state index in [9.17, 15) is 4.79 Å². The van der Waals surface area contributed by atoms with Crippen LogP contribution in [0, 0.1) is 0 Å². The van der Waals surface area contributed by atoms with Crippen LogP contribution in [0.1, 0.15) is 31.9 Å². The molecule has 5 heteroatoms. The lowest BCUT2D eigenvalue weighted by molar-refractivity contribution is -0.122. The highest BCUT2D eigenvalue weighted by Crippen LogP contribution is 2.31. The number of carbonyl (C=O) groups is 1. The molecule has 4 nitrogen and oxygen atoms in total. The third kappa shape index (κ3) is 4.56. The molecular formula is C15H24N2O2S. The van der Waals surface area contributed by atoms with E-state index in [1.165, 1.54) is 25.0 Å². The summed E-state index contributed by atoms with van der Waals surface area (Å²) in [5.74, 6) is 2.04. The number of thioether (sulfide) groups is 1. The zero-order valence-electron chi connectivity index (χ0n) is 12.3. The van der Waals surface area contributed by atoms with Gasteiger partial charge in [-0.25, -0.2) is 0 Å². The summed E-state index contributed by atoms with van der Waals surface area (Å²) in [7, 11) is 2.05. The quantitative estimate of drug-likeness (QED) is 0.840. The van der Waals surface area contributed by atoms with E-state index in [1.54, 1.807) is 6.26 Å². The SMILES string of the molecule is CCS[C@H]1CC[C@@H](N(C)CC(=O)NCc2ccco2)C1. The Bertz CT molecular complexity index is 408. The average molecular weight is 296 g/mol. The highest BCUT2D eigenvalue weighted by molar-refractivity contribution is 7.99. The Morgan fingerprint density at radius 1 is 1.55 bits per heavy atom. The van der Waals surface area contributed by atoms with Gasteiger partial charge in [0.1, 0.15) is 5.76 Å². The molecule has 0 bridgehead atoms. The lowest BCUT2D eigenvalue weighted by Gasteiger charge is -2.23. The lowest BCUT2D eigenvalue weighted by atomic mass is 10.2. The van der Waals surface area contributed by atoms with E-state index in [4.69, 9.17) is 4.42 Å². The summed E-state index contributed by atoms with van der Waals surface area (Å²) in [6.07, 6.45) is 5.32. The highest BCUT2D eigenvalue weighted by Gasteiger charge is 2.28. The first-order valence-corrected chi connectivity index (χ1v) is 8.34. The van der Waals surface area contributed by atoms with Crippen LogP contribution >= 0.6 is 11.8 Å². The monoisotopic (exact) mass is 296 g/mol. The summed E-state index contributed by atoms with van der Waals surface area (Å²) in [6, 6.07) is 4.25. The van der Waals surface area contributed by atoms with Crippen LogP contribution in [-0.2, 0) is 11.3 Å². The lowest BCUT2D eigenvalue weighted by Crippen LogP contribution is -2.39. The van der Waals surface area contributed by atoms with E-state index in [2.05, 4.69) is 24.2 Å². The third-order valence-electron chi connectivity index (χ3n) is 3.82. The van der Waals surface area contributed by atoms with Crippen molar-refractivity contribution in [2.75, 3.05) is 19.3 Å². The van der Waals surface area contributed by atoms with Gasteiger partial charge in [0, 0.05) is 11.3 Å². The van der Waals surface area contributed by atoms with E-state index in [0.29, 0.717) is 19.1 Å². The number of rotatable bonds is 7. The molecular weight excluding hydrogens is 272 g/mol. The molecule has 2 rings (SSSR count). The van der Waals surface area contributed by atoms with Crippen LogP contribution in [0.3, 0.4) is 0 Å². The molecule has 1 aromatic heterocycles. The van der Waals surface area contributed by atoms with Gasteiger partial charge in [-0.2, -0.15) is 11.8 Å². The summed E-state index contributed by atoms with van der Waals surface area (Å²) in [5, 5.41) is 3.67. The van der Waals surface area contributed by atoms with Crippen LogP contribution in [0.2, 0.25) is 0 Å². The minimum Gasteiger partial charge on any atom is -0.467 e. The van der Waals surface area contributed by atoms with Gasteiger partial charge in [-0.1, -0.05) is 6.92 Å². The number of likely N-dealkylation sites (N-methyl/N-ethyl adjacent to an activating group) is 1. The molecule has 1 aliphatic rings. The van der Waals surface area contributed by atoms with Gasteiger partial charge in [0.05, 0.1) is 19.4 Å². The van der Waals surface area contributed by atoms with Gasteiger partial charge in [-0.15, -0.1) is 0 Å². The molecule has 1 aliphatic carbocycles. The summed E-state index contributed by atoms with van der Waals surface area (Å²) >= 11 is 2.05. The molecule has 1 amide bonds. The fraction of sp³-hybridized carbons (Fsp3) is 0.667. The minimum atomic E-state index is 0.0653. The van der Waals surface area contributed by atoms with Crippen molar-refractivity contribution in [3.63, 3.8) is 0 Å². The molecule has 112 valence electrons. The molecule has 0 spiro atoms. The van der Waals surface area contributed by atoms with Crippen LogP contribution in [0.25, 0.3) is 0 Å². The van der Waals surface area contributed by atoms with Crippen molar-refractivity contribution in [2.24, 2.45) is 0 Å². The first-order valence-electron chi connectivity index (χ1n) is 7.30. The molecule has 0 unspecified atom stereocenters. The van der Waals surface area contributed by atoms with Gasteiger partial charge in [0.25, 0.3) is 0 Å². The largest absolute Gasteiger partial charge is 0.467 e. The number of furan rings is 1. The normalized spacial score (nSPS) is 22.4. The number of hydrogen-bond acceptors (Lipinski definition) is 4. The molecule has 1 aromatic rings. The molecule has 0 radical (unpaired) electrons. The van der Waals surface area contributed by atoms with Crippen molar-refractivity contribution in [3.8, 4) is 0 Å². The fourth-order valence-electron chi connectivity index (χ4n) is 2.72. The van der Waals surface area contributed by atoms with Crippen LogP contribution in [0.15, 0.2) is 22.8 Å². The average Bonchev–Trinajstić information content (AvgIpc) is 3.08. The standard InChI is InChI=1S/C15H24N2O2S/c1-3-20-14-7-6-12(9-14)17(2)11-15(18)16-10-13-5-4-8-19-13/h4-5,8,12,14H,3,6-7,9-11H2,1-2H3,(H,16,18)/t12-,14+/m1/s1. The predicted octanol–water partition coefficient (Wildman–Crippen LogP) is 2.50. The van der Waals surface area contributed by atoms with E-state index >= 15 is 0 Å². The van der Waals surface area contributed by atoms with E-state index in [1.807, 2.05) is 23.9 Å². The number of hydrogen-bond donors (Lipinski definition) is 1. The van der Waals surface area contributed by atoms with Gasteiger partial charge >= 0.3 is 0 Å². The van der Waals surface area contributed by atoms with Crippen molar-refractivity contribution in [1.82, 2.24) is 10.2 Å². The highest BCUT2D eigenvalue weighted by atomic mass is 32.2. The minimum absolute atomic E-state index is 0.0653. The molecule has 1 N–H and O–H groups in total. The number of carbonyl (C=O) groups excluding carboxylic acids is 1. The van der Waals surface area contributed by atoms with E-state index in [-0.39, 0.29) is 5.91 Å². The zero-order chi connectivity index (χ0) is 14.4. The Kier molecular flexibility index (Phi) is 5.98. The van der Waals surface area contributed by atoms with Gasteiger partial charge in [0.15, 0.2) is 0 Å². The Morgan fingerprint density at radius 2 is 2.40 bits per heavy atom. The Morgan fingerprint density at radius 3 is 3.10 bits per heavy atom. The fourth-order valence-corrected chi connectivity index (χ4v) is 3.85. The van der Waals surface area contributed by atoms with Crippen LogP contribution < -0.4 is 5.32 Å². The second-order valence-electron chi connectivity index (χ2n) is 5.32. The molecule has 2 atom stereocenters. The van der Waals surface area contributed by atoms with Gasteiger partial charge in [0.2, 0.25) is 5.91 Å². The summed E-state index contributed by atoms with van der Waals surface area (Å²) in [5.41, 5.74) is 0. The van der Waals surface area contributed by atoms with Crippen LogP contribution in [0.5, 0.6) is 0 Å². The number of nitrogens with one attached hydrogen (secondary N) is 1. The van der Waals surface area contributed by atoms with Crippen molar-refractivity contribution in [2.45, 2.75) is 44.0 Å². The van der Waals surface area contributed by atoms with Crippen molar-refractivity contribution >= 4 is 17.7 Å². The molecule has 1 heterocycles. The molecule has 0 aliphatic heterocycles. The van der Waals surface area contributed by atoms with Gasteiger partial charge in [-0.3, -0.25) is 9.69 Å². The zero-order valence-corrected chi connectivity index (χ0v) is 13.1. The molecule has 0 aromatic carbocycles. The van der Waals surface area contributed by atoms with Crippen molar-refractivity contribution in [3.05, 3.63) is 24.2 Å². The number of amides is 1. The Balaban J connectivity index is 1.68. The topological polar surface area (TPSA) is 45.5 Å². The Hall–Kier alpha value is -0.940.